The van der Waals surface area contributed by atoms with Gasteiger partial charge in [0.15, 0.2) is 0 Å². The lowest BCUT2D eigenvalue weighted by Gasteiger charge is -2.09. The Morgan fingerprint density at radius 2 is 1.68 bits per heavy atom. The number of carbonyl (C=O) groups excluding carboxylic acids is 1. The summed E-state index contributed by atoms with van der Waals surface area (Å²) in [5.74, 6) is -0.166. The van der Waals surface area contributed by atoms with Crippen molar-refractivity contribution >= 4 is 17.2 Å². The number of aromatic nitrogens is 1. The third-order valence-corrected chi connectivity index (χ3v) is 5.76. The number of hydrogen-bond acceptors (Lipinski definition) is 4. The molecule has 0 aliphatic rings. The number of thiazole rings is 1. The fourth-order valence-corrected chi connectivity index (χ4v) is 3.86. The summed E-state index contributed by atoms with van der Waals surface area (Å²) in [7, 11) is 0. The van der Waals surface area contributed by atoms with Crippen LogP contribution >= 0.6 is 11.3 Å². The molecule has 1 heterocycles. The maximum absolute atomic E-state index is 13.0. The zero-order chi connectivity index (χ0) is 24.1. The average molecular weight is 486 g/mol. The molecule has 1 N–H and O–H groups in total. The standard InChI is InChI=1S/C25H18F4N2O2S/c26-20-10-6-16(7-11-20)13-30-23(32)22-15-34-24(31-22)18-2-1-3-21(12-18)33-14-17-4-8-19(9-5-17)25(27,28)29/h1-12,15H,13-14H2,(H,30,32). The first kappa shape index (κ1) is 23.4. The van der Waals surface area contributed by atoms with Crippen LogP contribution in [0.2, 0.25) is 0 Å². The predicted octanol–water partition coefficient (Wildman–Crippen LogP) is 6.48. The number of ether oxygens (including phenoxy) is 1. The highest BCUT2D eigenvalue weighted by molar-refractivity contribution is 7.13. The van der Waals surface area contributed by atoms with Crippen molar-refractivity contribution in [2.75, 3.05) is 0 Å². The van der Waals surface area contributed by atoms with Gasteiger partial charge >= 0.3 is 6.18 Å². The SMILES string of the molecule is O=C(NCc1ccc(F)cc1)c1csc(-c2cccc(OCc3ccc(C(F)(F)F)cc3)c2)n1. The Labute approximate surface area is 196 Å². The average Bonchev–Trinajstić information content (AvgIpc) is 3.33. The van der Waals surface area contributed by atoms with Crippen molar-refractivity contribution in [2.24, 2.45) is 0 Å². The van der Waals surface area contributed by atoms with Gasteiger partial charge in [-0.15, -0.1) is 11.3 Å². The Bertz CT molecular complexity index is 1270. The highest BCUT2D eigenvalue weighted by Gasteiger charge is 2.29. The Morgan fingerprint density at radius 1 is 0.971 bits per heavy atom. The van der Waals surface area contributed by atoms with Gasteiger partial charge in [0.05, 0.1) is 5.56 Å². The molecule has 0 saturated heterocycles. The highest BCUT2D eigenvalue weighted by Crippen LogP contribution is 2.30. The Hall–Kier alpha value is -3.72. The molecule has 34 heavy (non-hydrogen) atoms. The summed E-state index contributed by atoms with van der Waals surface area (Å²) in [5, 5.41) is 5.01. The lowest BCUT2D eigenvalue weighted by atomic mass is 10.1. The second kappa shape index (κ2) is 10.0. The van der Waals surface area contributed by atoms with Gasteiger partial charge in [-0.3, -0.25) is 4.79 Å². The van der Waals surface area contributed by atoms with E-state index >= 15 is 0 Å². The number of benzene rings is 3. The summed E-state index contributed by atoms with van der Waals surface area (Å²) in [6, 6.07) is 17.7. The van der Waals surface area contributed by atoms with E-state index in [1.54, 1.807) is 35.7 Å². The Kier molecular flexibility index (Phi) is 6.93. The van der Waals surface area contributed by atoms with Crippen molar-refractivity contribution in [1.82, 2.24) is 10.3 Å². The molecule has 0 unspecified atom stereocenters. The number of nitrogens with one attached hydrogen (secondary N) is 1. The maximum Gasteiger partial charge on any atom is 0.416 e. The first-order valence-electron chi connectivity index (χ1n) is 10.2. The molecule has 0 radical (unpaired) electrons. The van der Waals surface area contributed by atoms with Crippen LogP contribution in [-0.2, 0) is 19.3 Å². The van der Waals surface area contributed by atoms with E-state index in [1.807, 2.05) is 6.07 Å². The van der Waals surface area contributed by atoms with Gasteiger partial charge in [-0.05, 0) is 47.5 Å². The van der Waals surface area contributed by atoms with E-state index in [0.29, 0.717) is 16.3 Å². The van der Waals surface area contributed by atoms with Crippen LogP contribution in [0.15, 0.2) is 78.2 Å². The van der Waals surface area contributed by atoms with Crippen molar-refractivity contribution in [1.29, 1.82) is 0 Å². The molecule has 0 atom stereocenters. The number of amides is 1. The van der Waals surface area contributed by atoms with Crippen LogP contribution in [0.3, 0.4) is 0 Å². The van der Waals surface area contributed by atoms with E-state index in [4.69, 9.17) is 4.74 Å². The minimum absolute atomic E-state index is 0.108. The third kappa shape index (κ3) is 5.99. The summed E-state index contributed by atoms with van der Waals surface area (Å²) >= 11 is 1.30. The van der Waals surface area contributed by atoms with Crippen molar-refractivity contribution in [3.63, 3.8) is 0 Å². The van der Waals surface area contributed by atoms with E-state index in [2.05, 4.69) is 10.3 Å². The molecule has 4 aromatic rings. The number of rotatable bonds is 7. The first-order chi connectivity index (χ1) is 16.3. The second-order valence-electron chi connectivity index (χ2n) is 7.36. The highest BCUT2D eigenvalue weighted by atomic mass is 32.1. The zero-order valence-electron chi connectivity index (χ0n) is 17.6. The Balaban J connectivity index is 1.37. The van der Waals surface area contributed by atoms with Crippen LogP contribution in [0.1, 0.15) is 27.2 Å². The maximum atomic E-state index is 13.0. The molecule has 3 aromatic carbocycles. The first-order valence-corrected chi connectivity index (χ1v) is 11.0. The molecule has 1 amide bonds. The fraction of sp³-hybridized carbons (Fsp3) is 0.120. The largest absolute Gasteiger partial charge is 0.489 e. The molecule has 9 heteroatoms. The molecule has 0 aliphatic heterocycles. The van der Waals surface area contributed by atoms with Crippen molar-refractivity contribution < 1.29 is 27.1 Å². The minimum Gasteiger partial charge on any atom is -0.489 e. The lowest BCUT2D eigenvalue weighted by Crippen LogP contribution is -2.23. The van der Waals surface area contributed by atoms with Crippen LogP contribution in [0, 0.1) is 5.82 Å². The fourth-order valence-electron chi connectivity index (χ4n) is 3.06. The second-order valence-corrected chi connectivity index (χ2v) is 8.22. The Morgan fingerprint density at radius 3 is 2.38 bits per heavy atom. The quantitative estimate of drug-likeness (QED) is 0.304. The van der Waals surface area contributed by atoms with Crippen LogP contribution in [0.4, 0.5) is 17.6 Å². The zero-order valence-corrected chi connectivity index (χ0v) is 18.4. The molecular formula is C25H18F4N2O2S. The smallest absolute Gasteiger partial charge is 0.416 e. The summed E-state index contributed by atoms with van der Waals surface area (Å²) in [4.78, 5) is 16.8. The molecule has 174 valence electrons. The topological polar surface area (TPSA) is 51.2 Å². The molecule has 0 saturated carbocycles. The number of halogens is 4. The van der Waals surface area contributed by atoms with Gasteiger partial charge in [-0.2, -0.15) is 13.2 Å². The molecule has 0 fully saturated rings. The van der Waals surface area contributed by atoms with Crippen molar-refractivity contribution in [2.45, 2.75) is 19.3 Å². The molecule has 0 spiro atoms. The third-order valence-electron chi connectivity index (χ3n) is 4.87. The normalized spacial score (nSPS) is 11.3. The molecule has 4 nitrogen and oxygen atoms in total. The van der Waals surface area contributed by atoms with E-state index < -0.39 is 11.7 Å². The monoisotopic (exact) mass is 486 g/mol. The summed E-state index contributed by atoms with van der Waals surface area (Å²) in [6.45, 7) is 0.357. The summed E-state index contributed by atoms with van der Waals surface area (Å²) in [5.41, 5.74) is 1.67. The minimum atomic E-state index is -4.38. The van der Waals surface area contributed by atoms with Crippen molar-refractivity contribution in [3.8, 4) is 16.3 Å². The van der Waals surface area contributed by atoms with Gasteiger partial charge in [0.1, 0.15) is 28.9 Å². The molecular weight excluding hydrogens is 468 g/mol. The van der Waals surface area contributed by atoms with Crippen LogP contribution in [0.5, 0.6) is 5.75 Å². The summed E-state index contributed by atoms with van der Waals surface area (Å²) < 4.78 is 56.8. The van der Waals surface area contributed by atoms with Gasteiger partial charge in [0, 0.05) is 17.5 Å². The van der Waals surface area contributed by atoms with Gasteiger partial charge in [-0.1, -0.05) is 36.4 Å². The molecule has 4 rings (SSSR count). The van der Waals surface area contributed by atoms with Gasteiger partial charge in [0.25, 0.3) is 5.91 Å². The lowest BCUT2D eigenvalue weighted by molar-refractivity contribution is -0.137. The van der Waals surface area contributed by atoms with Crippen molar-refractivity contribution in [3.05, 3.63) is 106 Å². The van der Waals surface area contributed by atoms with E-state index in [-0.39, 0.29) is 30.6 Å². The number of alkyl halides is 3. The number of nitrogens with zero attached hydrogens (tertiary/aromatic N) is 1. The van der Waals surface area contributed by atoms with E-state index in [1.165, 1.54) is 35.6 Å². The number of hydrogen-bond donors (Lipinski definition) is 1. The van der Waals surface area contributed by atoms with Gasteiger partial charge in [0.2, 0.25) is 0 Å². The molecule has 0 bridgehead atoms. The van der Waals surface area contributed by atoms with Crippen LogP contribution in [-0.4, -0.2) is 10.9 Å². The van der Waals surface area contributed by atoms with Crippen LogP contribution < -0.4 is 10.1 Å². The van der Waals surface area contributed by atoms with E-state index in [9.17, 15) is 22.4 Å². The van der Waals surface area contributed by atoms with E-state index in [0.717, 1.165) is 23.3 Å². The predicted molar refractivity (Wildman–Crippen MR) is 121 cm³/mol. The van der Waals surface area contributed by atoms with Gasteiger partial charge in [-0.25, -0.2) is 9.37 Å². The summed E-state index contributed by atoms with van der Waals surface area (Å²) in [6.07, 6.45) is -4.38. The van der Waals surface area contributed by atoms with Crippen LogP contribution in [0.25, 0.3) is 10.6 Å². The number of carbonyl (C=O) groups is 1. The van der Waals surface area contributed by atoms with Gasteiger partial charge < -0.3 is 10.1 Å². The molecule has 1 aromatic heterocycles. The molecule has 0 aliphatic carbocycles.